The molecule has 0 aromatic heterocycles. The number of carbonyl (C=O) groups excluding carboxylic acids is 2. The summed E-state index contributed by atoms with van der Waals surface area (Å²) in [6, 6.07) is 11.9. The second kappa shape index (κ2) is 12.9. The Bertz CT molecular complexity index is 983. The molecule has 0 fully saturated rings. The van der Waals surface area contributed by atoms with Crippen molar-refractivity contribution in [3.05, 3.63) is 65.7 Å². The third-order valence-corrected chi connectivity index (χ3v) is 4.65. The van der Waals surface area contributed by atoms with E-state index in [-0.39, 0.29) is 23.7 Å². The van der Waals surface area contributed by atoms with Crippen LogP contribution in [-0.4, -0.2) is 37.3 Å². The van der Waals surface area contributed by atoms with Crippen LogP contribution < -0.4 is 9.47 Å². The van der Waals surface area contributed by atoms with Gasteiger partial charge in [-0.25, -0.2) is 9.59 Å². The van der Waals surface area contributed by atoms with Crippen molar-refractivity contribution < 1.29 is 45.8 Å². The molecule has 0 amide bonds. The van der Waals surface area contributed by atoms with E-state index in [1.54, 1.807) is 30.3 Å². The van der Waals surface area contributed by atoms with Gasteiger partial charge in [0.2, 0.25) is 0 Å². The zero-order valence-electron chi connectivity index (χ0n) is 18.9. The first-order valence-corrected chi connectivity index (χ1v) is 10.9. The van der Waals surface area contributed by atoms with Gasteiger partial charge in [0.05, 0.1) is 18.8 Å². The number of hydrogen-bond acceptors (Lipinski definition) is 5. The fourth-order valence-electron chi connectivity index (χ4n) is 2.66. The number of carbonyl (C=O) groups is 2. The van der Waals surface area contributed by atoms with Gasteiger partial charge < -0.3 is 14.2 Å². The molecule has 0 N–H and O–H groups in total. The van der Waals surface area contributed by atoms with Crippen molar-refractivity contribution in [2.45, 2.75) is 44.7 Å². The highest BCUT2D eigenvalue weighted by atomic mass is 19.4. The third-order valence-electron chi connectivity index (χ3n) is 4.65. The van der Waals surface area contributed by atoms with Crippen molar-refractivity contribution in [1.82, 2.24) is 0 Å². The predicted molar refractivity (Wildman–Crippen MR) is 118 cm³/mol. The second-order valence-corrected chi connectivity index (χ2v) is 7.49. The van der Waals surface area contributed by atoms with Crippen LogP contribution in [0.3, 0.4) is 0 Å². The maximum Gasteiger partial charge on any atom is 0.453 e. The monoisotopic (exact) mass is 500 g/mol. The quantitative estimate of drug-likeness (QED) is 0.108. The topological polar surface area (TPSA) is 61.8 Å². The van der Waals surface area contributed by atoms with Gasteiger partial charge >= 0.3 is 24.0 Å². The van der Waals surface area contributed by atoms with Crippen LogP contribution in [0, 0.1) is 0 Å². The number of rotatable bonds is 12. The second-order valence-electron chi connectivity index (χ2n) is 7.49. The smallest absolute Gasteiger partial charge is 0.453 e. The fraction of sp³-hybridized carbons (Fsp3) is 0.360. The predicted octanol–water partition coefficient (Wildman–Crippen LogP) is 6.62. The molecule has 0 bridgehead atoms. The van der Waals surface area contributed by atoms with E-state index >= 15 is 0 Å². The Labute approximate surface area is 199 Å². The summed E-state index contributed by atoms with van der Waals surface area (Å²) in [7, 11) is 0. The summed E-state index contributed by atoms with van der Waals surface area (Å²) < 4.78 is 77.6. The zero-order valence-corrected chi connectivity index (χ0v) is 18.9. The van der Waals surface area contributed by atoms with Crippen molar-refractivity contribution in [2.75, 3.05) is 13.2 Å². The van der Waals surface area contributed by atoms with Crippen LogP contribution in [0.15, 0.2) is 54.6 Å². The lowest BCUT2D eigenvalue weighted by Gasteiger charge is -2.19. The SMILES string of the molecule is CCCCOC(=O)/C=C/c1ccc(OC(=O)c2ccc(OCCCC(F)(F)C(F)(F)F)cc2)cc1. The molecule has 0 aliphatic heterocycles. The number of alkyl halides is 5. The van der Waals surface area contributed by atoms with Crippen molar-refractivity contribution >= 4 is 18.0 Å². The van der Waals surface area contributed by atoms with Gasteiger partial charge in [0.15, 0.2) is 0 Å². The van der Waals surface area contributed by atoms with Gasteiger partial charge in [-0.1, -0.05) is 25.5 Å². The van der Waals surface area contributed by atoms with Gasteiger partial charge in [0.25, 0.3) is 0 Å². The maximum absolute atomic E-state index is 12.9. The average Bonchev–Trinajstić information content (AvgIpc) is 2.81. The molecule has 0 aliphatic carbocycles. The van der Waals surface area contributed by atoms with Gasteiger partial charge in [-0.3, -0.25) is 0 Å². The number of benzene rings is 2. The Morgan fingerprint density at radius 3 is 2.09 bits per heavy atom. The van der Waals surface area contributed by atoms with Gasteiger partial charge in [-0.05, 0) is 60.9 Å². The molecule has 10 heteroatoms. The number of halogens is 5. The highest BCUT2D eigenvalue weighted by molar-refractivity contribution is 5.91. The van der Waals surface area contributed by atoms with Crippen LogP contribution in [-0.2, 0) is 9.53 Å². The zero-order chi connectivity index (χ0) is 25.9. The molecule has 0 unspecified atom stereocenters. The van der Waals surface area contributed by atoms with E-state index in [1.807, 2.05) is 6.92 Å². The van der Waals surface area contributed by atoms with E-state index in [1.165, 1.54) is 30.3 Å². The van der Waals surface area contributed by atoms with Crippen LogP contribution in [0.25, 0.3) is 6.08 Å². The third kappa shape index (κ3) is 9.38. The number of unbranched alkanes of at least 4 members (excludes halogenated alkanes) is 1. The molecule has 5 nitrogen and oxygen atoms in total. The first-order chi connectivity index (χ1) is 16.5. The van der Waals surface area contributed by atoms with Crippen molar-refractivity contribution in [2.24, 2.45) is 0 Å². The van der Waals surface area contributed by atoms with Gasteiger partial charge in [-0.2, -0.15) is 22.0 Å². The van der Waals surface area contributed by atoms with E-state index < -0.39 is 36.9 Å². The molecular weight excluding hydrogens is 475 g/mol. The molecule has 0 saturated heterocycles. The van der Waals surface area contributed by atoms with Crippen LogP contribution in [0.2, 0.25) is 0 Å². The fourth-order valence-corrected chi connectivity index (χ4v) is 2.66. The number of esters is 2. The van der Waals surface area contributed by atoms with Crippen molar-refractivity contribution in [3.8, 4) is 11.5 Å². The molecule has 190 valence electrons. The highest BCUT2D eigenvalue weighted by Crippen LogP contribution is 2.38. The Morgan fingerprint density at radius 2 is 1.49 bits per heavy atom. The Hall–Kier alpha value is -3.43. The van der Waals surface area contributed by atoms with Crippen LogP contribution >= 0.6 is 0 Å². The highest BCUT2D eigenvalue weighted by Gasteiger charge is 2.56. The van der Waals surface area contributed by atoms with Crippen molar-refractivity contribution in [1.29, 1.82) is 0 Å². The molecule has 0 spiro atoms. The molecule has 2 rings (SSSR count). The van der Waals surface area contributed by atoms with E-state index in [0.717, 1.165) is 12.8 Å². The first-order valence-electron chi connectivity index (χ1n) is 10.9. The lowest BCUT2D eigenvalue weighted by molar-refractivity contribution is -0.284. The largest absolute Gasteiger partial charge is 0.494 e. The Morgan fingerprint density at radius 1 is 0.857 bits per heavy atom. The molecule has 0 radical (unpaired) electrons. The maximum atomic E-state index is 12.9. The number of hydrogen-bond donors (Lipinski definition) is 0. The lowest BCUT2D eigenvalue weighted by Crippen LogP contribution is -2.36. The summed E-state index contributed by atoms with van der Waals surface area (Å²) in [6.45, 7) is 2.01. The molecule has 2 aromatic carbocycles. The van der Waals surface area contributed by atoms with E-state index in [9.17, 15) is 31.5 Å². The molecule has 0 saturated carbocycles. The minimum absolute atomic E-state index is 0.180. The minimum atomic E-state index is -5.59. The normalized spacial score (nSPS) is 11.9. The standard InChI is InChI=1S/C25H25F5O5/c1-2-3-16-34-22(31)14-7-18-5-10-21(11-6-18)35-23(32)19-8-12-20(13-9-19)33-17-4-15-24(26,27)25(28,29)30/h5-14H,2-4,15-17H2,1H3/b14-7+. The van der Waals surface area contributed by atoms with Crippen LogP contribution in [0.4, 0.5) is 22.0 Å². The van der Waals surface area contributed by atoms with Gasteiger partial charge in [0, 0.05) is 12.5 Å². The Kier molecular flexibility index (Phi) is 10.2. The average molecular weight is 500 g/mol. The lowest BCUT2D eigenvalue weighted by atomic mass is 10.2. The molecule has 2 aromatic rings. The van der Waals surface area contributed by atoms with Gasteiger partial charge in [-0.15, -0.1) is 0 Å². The Balaban J connectivity index is 1.81. The minimum Gasteiger partial charge on any atom is -0.494 e. The van der Waals surface area contributed by atoms with E-state index in [2.05, 4.69) is 0 Å². The summed E-state index contributed by atoms with van der Waals surface area (Å²) in [5.41, 5.74) is 0.881. The summed E-state index contributed by atoms with van der Waals surface area (Å²) in [6.07, 6.45) is -2.87. The van der Waals surface area contributed by atoms with E-state index in [4.69, 9.17) is 14.2 Å². The van der Waals surface area contributed by atoms with Crippen molar-refractivity contribution in [3.63, 3.8) is 0 Å². The molecular formula is C25H25F5O5. The van der Waals surface area contributed by atoms with E-state index in [0.29, 0.717) is 12.2 Å². The molecule has 35 heavy (non-hydrogen) atoms. The van der Waals surface area contributed by atoms with Gasteiger partial charge in [0.1, 0.15) is 11.5 Å². The molecule has 0 aliphatic rings. The van der Waals surface area contributed by atoms with Crippen LogP contribution in [0.5, 0.6) is 11.5 Å². The number of ether oxygens (including phenoxy) is 3. The summed E-state index contributed by atoms with van der Waals surface area (Å²) in [5.74, 6) is -5.40. The first kappa shape index (κ1) is 27.8. The molecule has 0 atom stereocenters. The van der Waals surface area contributed by atoms with Crippen LogP contribution in [0.1, 0.15) is 48.5 Å². The summed E-state index contributed by atoms with van der Waals surface area (Å²) in [5, 5.41) is 0. The summed E-state index contributed by atoms with van der Waals surface area (Å²) in [4.78, 5) is 23.9. The summed E-state index contributed by atoms with van der Waals surface area (Å²) >= 11 is 0. The molecule has 0 heterocycles.